The number of aryl methyl sites for hydroxylation is 1. The van der Waals surface area contributed by atoms with Crippen LogP contribution in [0.15, 0.2) is 36.8 Å². The number of aromatic amines is 1. The monoisotopic (exact) mass is 255 g/mol. The van der Waals surface area contributed by atoms with Crippen LogP contribution in [0.2, 0.25) is 0 Å². The third kappa shape index (κ3) is 2.27. The highest BCUT2D eigenvalue weighted by molar-refractivity contribution is 5.83. The summed E-state index contributed by atoms with van der Waals surface area (Å²) < 4.78 is 2.02. The van der Waals surface area contributed by atoms with Crippen molar-refractivity contribution in [3.8, 4) is 11.3 Å². The molecule has 98 valence electrons. The summed E-state index contributed by atoms with van der Waals surface area (Å²) >= 11 is 0. The maximum Gasteiger partial charge on any atom is 0.137 e. The molecule has 4 heteroatoms. The number of aliphatic hydroxyl groups excluding tert-OH is 1. The molecule has 0 saturated carbocycles. The summed E-state index contributed by atoms with van der Waals surface area (Å²) in [6.45, 7) is 4.48. The molecule has 0 aliphatic heterocycles. The van der Waals surface area contributed by atoms with Crippen LogP contribution in [0.4, 0.5) is 0 Å². The summed E-state index contributed by atoms with van der Waals surface area (Å²) in [6, 6.07) is 6.09. The molecule has 1 unspecified atom stereocenters. The van der Waals surface area contributed by atoms with Crippen LogP contribution in [0.1, 0.15) is 12.5 Å². The molecule has 2 N–H and O–H groups in total. The van der Waals surface area contributed by atoms with Crippen molar-refractivity contribution in [2.45, 2.75) is 26.5 Å². The van der Waals surface area contributed by atoms with Gasteiger partial charge in [-0.15, -0.1) is 0 Å². The van der Waals surface area contributed by atoms with E-state index in [1.54, 1.807) is 13.1 Å². The minimum absolute atomic E-state index is 0.343. The van der Waals surface area contributed by atoms with Crippen LogP contribution in [0.3, 0.4) is 0 Å². The Bertz CT molecular complexity index is 676. The summed E-state index contributed by atoms with van der Waals surface area (Å²) in [6.07, 6.45) is 5.56. The lowest BCUT2D eigenvalue weighted by atomic mass is 10.1. The van der Waals surface area contributed by atoms with Gasteiger partial charge in [-0.2, -0.15) is 0 Å². The Labute approximate surface area is 111 Å². The number of nitrogens with zero attached hydrogens (tertiary/aromatic N) is 2. The van der Waals surface area contributed by atoms with Gasteiger partial charge in [-0.25, -0.2) is 4.98 Å². The Hall–Kier alpha value is -2.07. The second-order valence-electron chi connectivity index (χ2n) is 5.02. The van der Waals surface area contributed by atoms with Crippen LogP contribution in [0, 0.1) is 6.92 Å². The number of hydrogen-bond acceptors (Lipinski definition) is 2. The van der Waals surface area contributed by atoms with Crippen LogP contribution in [-0.4, -0.2) is 25.7 Å². The van der Waals surface area contributed by atoms with Crippen molar-refractivity contribution in [1.29, 1.82) is 0 Å². The quantitative estimate of drug-likeness (QED) is 0.756. The Kier molecular flexibility index (Phi) is 2.87. The SMILES string of the molecule is Cc1cn(CC(C)O)cc1-c1cc2cccnc2[nH]1. The summed E-state index contributed by atoms with van der Waals surface area (Å²) in [5.74, 6) is 0. The molecule has 0 amide bonds. The van der Waals surface area contributed by atoms with Gasteiger partial charge in [0.15, 0.2) is 0 Å². The smallest absolute Gasteiger partial charge is 0.137 e. The van der Waals surface area contributed by atoms with Gasteiger partial charge in [0.25, 0.3) is 0 Å². The fourth-order valence-corrected chi connectivity index (χ4v) is 2.42. The van der Waals surface area contributed by atoms with Crippen molar-refractivity contribution in [2.24, 2.45) is 0 Å². The maximum atomic E-state index is 9.45. The molecule has 0 aliphatic rings. The largest absolute Gasteiger partial charge is 0.392 e. The van der Waals surface area contributed by atoms with Gasteiger partial charge in [0, 0.05) is 41.8 Å². The normalized spacial score (nSPS) is 13.0. The highest BCUT2D eigenvalue weighted by Crippen LogP contribution is 2.26. The molecule has 0 aliphatic carbocycles. The molecule has 4 nitrogen and oxygen atoms in total. The van der Waals surface area contributed by atoms with Crippen molar-refractivity contribution in [1.82, 2.24) is 14.5 Å². The van der Waals surface area contributed by atoms with E-state index in [0.717, 1.165) is 22.3 Å². The van der Waals surface area contributed by atoms with E-state index >= 15 is 0 Å². The van der Waals surface area contributed by atoms with Gasteiger partial charge >= 0.3 is 0 Å². The highest BCUT2D eigenvalue weighted by Gasteiger charge is 2.10. The lowest BCUT2D eigenvalue weighted by molar-refractivity contribution is 0.174. The molecular formula is C15H17N3O. The van der Waals surface area contributed by atoms with Crippen LogP contribution in [0.25, 0.3) is 22.3 Å². The first-order chi connectivity index (χ1) is 9.13. The van der Waals surface area contributed by atoms with Gasteiger partial charge < -0.3 is 14.7 Å². The summed E-state index contributed by atoms with van der Waals surface area (Å²) in [5, 5.41) is 10.6. The second kappa shape index (κ2) is 4.55. The lowest BCUT2D eigenvalue weighted by Gasteiger charge is -2.04. The van der Waals surface area contributed by atoms with E-state index in [1.165, 1.54) is 5.56 Å². The fraction of sp³-hybridized carbons (Fsp3) is 0.267. The Balaban J connectivity index is 2.03. The zero-order valence-corrected chi connectivity index (χ0v) is 11.1. The van der Waals surface area contributed by atoms with Crippen molar-refractivity contribution in [3.63, 3.8) is 0 Å². The maximum absolute atomic E-state index is 9.45. The number of pyridine rings is 1. The molecule has 0 spiro atoms. The van der Waals surface area contributed by atoms with Crippen molar-refractivity contribution < 1.29 is 5.11 Å². The molecule has 1 atom stereocenters. The van der Waals surface area contributed by atoms with Crippen molar-refractivity contribution in [3.05, 3.63) is 42.4 Å². The van der Waals surface area contributed by atoms with Gasteiger partial charge in [-0.05, 0) is 37.6 Å². The predicted molar refractivity (Wildman–Crippen MR) is 75.9 cm³/mol. The van der Waals surface area contributed by atoms with E-state index in [9.17, 15) is 5.11 Å². The third-order valence-corrected chi connectivity index (χ3v) is 3.24. The van der Waals surface area contributed by atoms with Gasteiger partial charge in [0.1, 0.15) is 5.65 Å². The number of H-pyrrole nitrogens is 1. The van der Waals surface area contributed by atoms with Gasteiger partial charge in [0.05, 0.1) is 6.10 Å². The zero-order valence-electron chi connectivity index (χ0n) is 11.1. The van der Waals surface area contributed by atoms with E-state index < -0.39 is 0 Å². The number of nitrogens with one attached hydrogen (secondary N) is 1. The molecule has 0 bridgehead atoms. The molecule has 3 aromatic rings. The van der Waals surface area contributed by atoms with Crippen molar-refractivity contribution >= 4 is 11.0 Å². The van der Waals surface area contributed by atoms with E-state index in [1.807, 2.05) is 16.7 Å². The second-order valence-corrected chi connectivity index (χ2v) is 5.02. The molecule has 0 saturated heterocycles. The van der Waals surface area contributed by atoms with E-state index in [-0.39, 0.29) is 6.10 Å². The minimum atomic E-state index is -0.343. The zero-order chi connectivity index (χ0) is 13.4. The van der Waals surface area contributed by atoms with E-state index in [4.69, 9.17) is 0 Å². The molecule has 0 radical (unpaired) electrons. The Morgan fingerprint density at radius 1 is 1.42 bits per heavy atom. The van der Waals surface area contributed by atoms with Crippen LogP contribution in [0.5, 0.6) is 0 Å². The number of rotatable bonds is 3. The Morgan fingerprint density at radius 2 is 2.26 bits per heavy atom. The van der Waals surface area contributed by atoms with Gasteiger partial charge in [-0.3, -0.25) is 0 Å². The summed E-state index contributed by atoms with van der Waals surface area (Å²) in [4.78, 5) is 7.64. The van der Waals surface area contributed by atoms with Crippen LogP contribution in [-0.2, 0) is 6.54 Å². The standard InChI is InChI=1S/C15H17N3O/c1-10-7-18(8-11(2)19)9-13(10)14-6-12-4-3-5-16-15(12)17-14/h3-7,9,11,19H,8H2,1-2H3,(H,16,17). The predicted octanol–water partition coefficient (Wildman–Crippen LogP) is 2.72. The first-order valence-electron chi connectivity index (χ1n) is 6.42. The molecule has 3 heterocycles. The third-order valence-electron chi connectivity index (χ3n) is 3.24. The first kappa shape index (κ1) is 12.0. The number of hydrogen-bond donors (Lipinski definition) is 2. The molecule has 3 aromatic heterocycles. The average Bonchev–Trinajstić information content (AvgIpc) is 2.91. The number of fused-ring (bicyclic) bond motifs is 1. The highest BCUT2D eigenvalue weighted by atomic mass is 16.3. The molecule has 3 rings (SSSR count). The van der Waals surface area contributed by atoms with Crippen molar-refractivity contribution in [2.75, 3.05) is 0 Å². The van der Waals surface area contributed by atoms with E-state index in [0.29, 0.717) is 6.54 Å². The Morgan fingerprint density at radius 3 is 3.00 bits per heavy atom. The van der Waals surface area contributed by atoms with Gasteiger partial charge in [-0.1, -0.05) is 0 Å². The lowest BCUT2D eigenvalue weighted by Crippen LogP contribution is -2.09. The summed E-state index contributed by atoms with van der Waals surface area (Å²) in [5.41, 5.74) is 4.31. The minimum Gasteiger partial charge on any atom is -0.392 e. The topological polar surface area (TPSA) is 53.8 Å². The molecule has 0 aromatic carbocycles. The average molecular weight is 255 g/mol. The number of aliphatic hydroxyl groups is 1. The molecule has 0 fully saturated rings. The summed E-state index contributed by atoms with van der Waals surface area (Å²) in [7, 11) is 0. The van der Waals surface area contributed by atoms with E-state index in [2.05, 4.69) is 35.4 Å². The first-order valence-corrected chi connectivity index (χ1v) is 6.42. The van der Waals surface area contributed by atoms with Gasteiger partial charge in [0.2, 0.25) is 0 Å². The molecular weight excluding hydrogens is 238 g/mol. The van der Waals surface area contributed by atoms with Crippen LogP contribution < -0.4 is 0 Å². The number of aromatic nitrogens is 3. The molecule has 19 heavy (non-hydrogen) atoms. The van der Waals surface area contributed by atoms with Crippen LogP contribution >= 0.6 is 0 Å². The fourth-order valence-electron chi connectivity index (χ4n) is 2.42.